The number of halogens is 1. The van der Waals surface area contributed by atoms with E-state index >= 15 is 0 Å². The van der Waals surface area contributed by atoms with E-state index in [2.05, 4.69) is 20.1 Å². The molecule has 3 aromatic rings. The van der Waals surface area contributed by atoms with Gasteiger partial charge in [-0.1, -0.05) is 18.6 Å². The molecule has 8 heteroatoms. The molecule has 0 unspecified atom stereocenters. The summed E-state index contributed by atoms with van der Waals surface area (Å²) in [5.41, 5.74) is 3.19. The minimum absolute atomic E-state index is 0.00195. The molecular formula is C25H30FN5O2. The van der Waals surface area contributed by atoms with Gasteiger partial charge in [0.1, 0.15) is 11.6 Å². The van der Waals surface area contributed by atoms with Crippen LogP contribution in [-0.4, -0.2) is 65.9 Å². The first-order valence-electron chi connectivity index (χ1n) is 11.5. The van der Waals surface area contributed by atoms with Gasteiger partial charge in [-0.15, -0.1) is 0 Å². The number of aromatic nitrogens is 3. The van der Waals surface area contributed by atoms with Crippen LogP contribution in [0.2, 0.25) is 0 Å². The molecule has 1 amide bonds. The molecule has 2 aromatic heterocycles. The van der Waals surface area contributed by atoms with Gasteiger partial charge in [0.25, 0.3) is 5.91 Å². The zero-order valence-corrected chi connectivity index (χ0v) is 19.0. The van der Waals surface area contributed by atoms with Crippen LogP contribution in [0.1, 0.15) is 35.3 Å². The lowest BCUT2D eigenvalue weighted by Gasteiger charge is -2.30. The van der Waals surface area contributed by atoms with Gasteiger partial charge in [0.2, 0.25) is 0 Å². The number of nitrogens with zero attached hydrogens (tertiary/aromatic N) is 4. The van der Waals surface area contributed by atoms with E-state index in [-0.39, 0.29) is 11.7 Å². The Balaban J connectivity index is 1.23. The van der Waals surface area contributed by atoms with Crippen molar-refractivity contribution in [3.63, 3.8) is 0 Å². The van der Waals surface area contributed by atoms with Gasteiger partial charge in [-0.2, -0.15) is 5.10 Å². The Morgan fingerprint density at radius 3 is 2.82 bits per heavy atom. The molecule has 0 bridgehead atoms. The van der Waals surface area contributed by atoms with Crippen LogP contribution in [0.25, 0.3) is 11.3 Å². The number of H-pyrrole nitrogens is 1. The zero-order valence-electron chi connectivity index (χ0n) is 19.0. The van der Waals surface area contributed by atoms with Crippen molar-refractivity contribution in [3.8, 4) is 11.3 Å². The lowest BCUT2D eigenvalue weighted by molar-refractivity contribution is 0.0791. The van der Waals surface area contributed by atoms with Crippen molar-refractivity contribution in [2.45, 2.75) is 25.7 Å². The van der Waals surface area contributed by atoms with Crippen LogP contribution in [0.5, 0.6) is 0 Å². The summed E-state index contributed by atoms with van der Waals surface area (Å²) >= 11 is 0. The van der Waals surface area contributed by atoms with Gasteiger partial charge in [-0.25, -0.2) is 9.37 Å². The number of amides is 1. The van der Waals surface area contributed by atoms with Crippen LogP contribution in [-0.2, 0) is 11.2 Å². The highest BCUT2D eigenvalue weighted by Crippen LogP contribution is 2.21. The Morgan fingerprint density at radius 1 is 1.15 bits per heavy atom. The molecule has 33 heavy (non-hydrogen) atoms. The SMILES string of the molecule is CN(CCCCCc1cc(-c2cccc(F)c2)n[nH]1)C(=O)c1cccnc1N1CCOCC1. The van der Waals surface area contributed by atoms with Crippen molar-refractivity contribution in [1.29, 1.82) is 0 Å². The summed E-state index contributed by atoms with van der Waals surface area (Å²) < 4.78 is 18.8. The fourth-order valence-electron chi connectivity index (χ4n) is 4.02. The molecule has 3 heterocycles. The van der Waals surface area contributed by atoms with Crippen LogP contribution >= 0.6 is 0 Å². The Labute approximate surface area is 193 Å². The lowest BCUT2D eigenvalue weighted by Crippen LogP contribution is -2.38. The number of aromatic amines is 1. The van der Waals surface area contributed by atoms with E-state index in [9.17, 15) is 9.18 Å². The van der Waals surface area contributed by atoms with Gasteiger partial charge in [0, 0.05) is 44.1 Å². The second-order valence-electron chi connectivity index (χ2n) is 8.30. The van der Waals surface area contributed by atoms with E-state index < -0.39 is 0 Å². The molecule has 1 aliphatic heterocycles. The van der Waals surface area contributed by atoms with Gasteiger partial charge < -0.3 is 14.5 Å². The molecule has 174 valence electrons. The summed E-state index contributed by atoms with van der Waals surface area (Å²) in [7, 11) is 1.85. The maximum atomic E-state index is 13.4. The molecule has 0 saturated carbocycles. The summed E-state index contributed by atoms with van der Waals surface area (Å²) in [4.78, 5) is 21.4. The molecule has 1 aromatic carbocycles. The molecule has 1 N–H and O–H groups in total. The summed E-state index contributed by atoms with van der Waals surface area (Å²) in [6.45, 7) is 3.49. The van der Waals surface area contributed by atoms with Crippen LogP contribution in [0.15, 0.2) is 48.7 Å². The van der Waals surface area contributed by atoms with Gasteiger partial charge in [0.05, 0.1) is 24.5 Å². The second-order valence-corrected chi connectivity index (χ2v) is 8.30. The average molecular weight is 452 g/mol. The van der Waals surface area contributed by atoms with E-state index in [0.717, 1.165) is 61.5 Å². The van der Waals surface area contributed by atoms with E-state index in [0.29, 0.717) is 25.3 Å². The highest BCUT2D eigenvalue weighted by molar-refractivity contribution is 5.98. The molecule has 7 nitrogen and oxygen atoms in total. The molecule has 0 aliphatic carbocycles. The maximum absolute atomic E-state index is 13.4. The zero-order chi connectivity index (χ0) is 23.0. The van der Waals surface area contributed by atoms with Gasteiger partial charge in [-0.05, 0) is 49.6 Å². The number of ether oxygens (including phenoxy) is 1. The highest BCUT2D eigenvalue weighted by Gasteiger charge is 2.21. The number of morpholine rings is 1. The summed E-state index contributed by atoms with van der Waals surface area (Å²) in [6.07, 6.45) is 5.49. The Morgan fingerprint density at radius 2 is 2.00 bits per heavy atom. The van der Waals surface area contributed by atoms with Crippen LogP contribution in [0.4, 0.5) is 10.2 Å². The number of hydrogen-bond acceptors (Lipinski definition) is 5. The third kappa shape index (κ3) is 5.96. The molecular weight excluding hydrogens is 421 g/mol. The first-order chi connectivity index (χ1) is 16.1. The highest BCUT2D eigenvalue weighted by atomic mass is 19.1. The largest absolute Gasteiger partial charge is 0.378 e. The first kappa shape index (κ1) is 22.9. The second kappa shape index (κ2) is 11.0. The van der Waals surface area contributed by atoms with E-state index in [1.807, 2.05) is 31.3 Å². The van der Waals surface area contributed by atoms with E-state index in [1.54, 1.807) is 17.2 Å². The molecule has 4 rings (SSSR count). The summed E-state index contributed by atoms with van der Waals surface area (Å²) in [6, 6.07) is 12.1. The van der Waals surface area contributed by atoms with Gasteiger partial charge in [-0.3, -0.25) is 9.89 Å². The predicted octanol–water partition coefficient (Wildman–Crippen LogP) is 3.93. The number of pyridine rings is 1. The summed E-state index contributed by atoms with van der Waals surface area (Å²) in [5.74, 6) is 0.475. The maximum Gasteiger partial charge on any atom is 0.257 e. The number of aryl methyl sites for hydroxylation is 1. The number of anilines is 1. The Kier molecular flexibility index (Phi) is 7.67. The van der Waals surface area contributed by atoms with E-state index in [1.165, 1.54) is 12.1 Å². The number of benzene rings is 1. The van der Waals surface area contributed by atoms with Crippen molar-refractivity contribution in [2.24, 2.45) is 0 Å². The van der Waals surface area contributed by atoms with Crippen LogP contribution < -0.4 is 4.90 Å². The van der Waals surface area contributed by atoms with Gasteiger partial charge >= 0.3 is 0 Å². The monoisotopic (exact) mass is 451 g/mol. The molecule has 0 atom stereocenters. The van der Waals surface area contributed by atoms with Gasteiger partial charge in [0.15, 0.2) is 0 Å². The molecule has 1 fully saturated rings. The Hall–Kier alpha value is -3.26. The smallest absolute Gasteiger partial charge is 0.257 e. The van der Waals surface area contributed by atoms with Crippen molar-refractivity contribution < 1.29 is 13.9 Å². The van der Waals surface area contributed by atoms with Crippen molar-refractivity contribution in [2.75, 3.05) is 44.8 Å². The van der Waals surface area contributed by atoms with Crippen LogP contribution in [0.3, 0.4) is 0 Å². The fraction of sp³-hybridized carbons (Fsp3) is 0.400. The quantitative estimate of drug-likeness (QED) is 0.499. The van der Waals surface area contributed by atoms with Crippen molar-refractivity contribution in [1.82, 2.24) is 20.1 Å². The van der Waals surface area contributed by atoms with Crippen molar-refractivity contribution in [3.05, 3.63) is 65.7 Å². The molecule has 1 saturated heterocycles. The van der Waals surface area contributed by atoms with Crippen LogP contribution in [0, 0.1) is 5.82 Å². The number of carbonyl (C=O) groups is 1. The minimum atomic E-state index is -0.265. The number of unbranched alkanes of at least 4 members (excludes halogenated alkanes) is 2. The topological polar surface area (TPSA) is 74.4 Å². The molecule has 0 spiro atoms. The third-order valence-corrected chi connectivity index (χ3v) is 5.87. The predicted molar refractivity (Wildman–Crippen MR) is 126 cm³/mol. The van der Waals surface area contributed by atoms with E-state index in [4.69, 9.17) is 4.74 Å². The summed E-state index contributed by atoms with van der Waals surface area (Å²) in [5, 5.41) is 7.34. The number of carbonyl (C=O) groups excluding carboxylic acids is 1. The minimum Gasteiger partial charge on any atom is -0.378 e. The molecule has 1 aliphatic rings. The number of nitrogens with one attached hydrogen (secondary N) is 1. The lowest BCUT2D eigenvalue weighted by atomic mass is 10.1. The Bertz CT molecular complexity index is 1060. The molecule has 0 radical (unpaired) electrons. The number of hydrogen-bond donors (Lipinski definition) is 1. The standard InChI is InChI=1S/C25H30FN5O2/c1-30(25(32)22-10-6-11-27-24(22)31-13-15-33-16-14-31)12-4-2-3-9-21-18-23(29-28-21)19-7-5-8-20(26)17-19/h5-8,10-11,17-18H,2-4,9,12-16H2,1H3,(H,28,29). The normalized spacial score (nSPS) is 13.8. The third-order valence-electron chi connectivity index (χ3n) is 5.87. The fourth-order valence-corrected chi connectivity index (χ4v) is 4.02. The van der Waals surface area contributed by atoms with Crippen molar-refractivity contribution >= 4 is 11.7 Å². The average Bonchev–Trinajstić information content (AvgIpc) is 3.33. The number of rotatable bonds is 9. The first-order valence-corrected chi connectivity index (χ1v) is 11.5.